The van der Waals surface area contributed by atoms with Crippen LogP contribution in [0.25, 0.3) is 5.70 Å². The summed E-state index contributed by atoms with van der Waals surface area (Å²) in [4.78, 5) is 10.6. The molecular weight excluding hydrogens is 334 g/mol. The third-order valence-electron chi connectivity index (χ3n) is 4.42. The highest BCUT2D eigenvalue weighted by Gasteiger charge is 2.20. The van der Waals surface area contributed by atoms with Gasteiger partial charge in [-0.1, -0.05) is 31.7 Å². The number of rotatable bonds is 5. The number of anilines is 3. The average molecular weight is 355 g/mol. The van der Waals surface area contributed by atoms with Crippen LogP contribution in [0, 0.1) is 18.3 Å². The molecule has 0 aliphatic heterocycles. The van der Waals surface area contributed by atoms with Crippen molar-refractivity contribution in [3.63, 3.8) is 0 Å². The molecule has 5 nitrogen and oxygen atoms in total. The van der Waals surface area contributed by atoms with Crippen LogP contribution in [0.4, 0.5) is 17.3 Å². The lowest BCUT2D eigenvalue weighted by atomic mass is 10.1. The Morgan fingerprint density at radius 1 is 1.19 bits per heavy atom. The molecule has 5 heteroatoms. The molecule has 0 saturated carbocycles. The first-order valence-electron chi connectivity index (χ1n) is 8.71. The summed E-state index contributed by atoms with van der Waals surface area (Å²) in [7, 11) is 0. The first kappa shape index (κ1) is 18.2. The quantitative estimate of drug-likeness (QED) is 0.723. The molecule has 2 N–H and O–H groups in total. The summed E-state index contributed by atoms with van der Waals surface area (Å²) in [6, 6.07) is 17.6. The van der Waals surface area contributed by atoms with E-state index in [1.54, 1.807) is 12.3 Å². The summed E-state index contributed by atoms with van der Waals surface area (Å²) < 4.78 is 0. The predicted molar refractivity (Wildman–Crippen MR) is 109 cm³/mol. The average Bonchev–Trinajstić information content (AvgIpc) is 2.70. The van der Waals surface area contributed by atoms with E-state index in [-0.39, 0.29) is 0 Å². The molecule has 1 aromatic carbocycles. The van der Waals surface area contributed by atoms with Gasteiger partial charge in [0.2, 0.25) is 0 Å². The Balaban J connectivity index is 2.19. The van der Waals surface area contributed by atoms with Gasteiger partial charge >= 0.3 is 0 Å². The Kier molecular flexibility index (Phi) is 5.18. The number of nitrogen functional groups attached to an aromatic ring is 1. The number of nitriles is 1. The fourth-order valence-corrected chi connectivity index (χ4v) is 2.88. The van der Waals surface area contributed by atoms with Gasteiger partial charge in [-0.05, 0) is 54.8 Å². The lowest BCUT2D eigenvalue weighted by molar-refractivity contribution is 1.12. The van der Waals surface area contributed by atoms with Crippen molar-refractivity contribution in [3.8, 4) is 6.07 Å². The van der Waals surface area contributed by atoms with Crippen LogP contribution in [0.1, 0.15) is 29.3 Å². The highest BCUT2D eigenvalue weighted by atomic mass is 15.2. The van der Waals surface area contributed by atoms with Gasteiger partial charge in [0.05, 0.1) is 5.70 Å². The minimum Gasteiger partial charge on any atom is -0.383 e. The number of hydrogen-bond acceptors (Lipinski definition) is 5. The number of hydrogen-bond donors (Lipinski definition) is 1. The van der Waals surface area contributed by atoms with E-state index in [2.05, 4.69) is 41.7 Å². The third kappa shape index (κ3) is 3.65. The summed E-state index contributed by atoms with van der Waals surface area (Å²) in [6.45, 7) is 8.33. The molecule has 134 valence electrons. The molecule has 2 aromatic heterocycles. The zero-order valence-corrected chi connectivity index (χ0v) is 15.5. The number of aryl methyl sites for hydroxylation is 2. The normalized spacial score (nSPS) is 10.3. The number of nitrogens with two attached hydrogens (primary N) is 1. The van der Waals surface area contributed by atoms with E-state index < -0.39 is 0 Å². The van der Waals surface area contributed by atoms with Crippen molar-refractivity contribution < 1.29 is 0 Å². The topological polar surface area (TPSA) is 78.8 Å². The van der Waals surface area contributed by atoms with Crippen LogP contribution in [-0.4, -0.2) is 9.97 Å². The van der Waals surface area contributed by atoms with Crippen LogP contribution in [0.5, 0.6) is 0 Å². The van der Waals surface area contributed by atoms with Crippen molar-refractivity contribution in [2.24, 2.45) is 0 Å². The second-order valence-electron chi connectivity index (χ2n) is 6.19. The molecule has 0 aliphatic carbocycles. The molecule has 3 aromatic rings. The van der Waals surface area contributed by atoms with Crippen molar-refractivity contribution >= 4 is 23.0 Å². The van der Waals surface area contributed by atoms with Gasteiger partial charge in [-0.3, -0.25) is 4.90 Å². The molecular formula is C22H21N5. The predicted octanol–water partition coefficient (Wildman–Crippen LogP) is 4.61. The van der Waals surface area contributed by atoms with Crippen molar-refractivity contribution in [2.45, 2.75) is 20.3 Å². The Morgan fingerprint density at radius 2 is 1.93 bits per heavy atom. The van der Waals surface area contributed by atoms with Gasteiger partial charge in [-0.25, -0.2) is 9.97 Å². The van der Waals surface area contributed by atoms with Gasteiger partial charge in [-0.2, -0.15) is 5.26 Å². The number of benzene rings is 1. The summed E-state index contributed by atoms with van der Waals surface area (Å²) in [5.41, 5.74) is 10.9. The van der Waals surface area contributed by atoms with E-state index in [1.165, 1.54) is 5.56 Å². The largest absolute Gasteiger partial charge is 0.383 e. The monoisotopic (exact) mass is 355 g/mol. The highest BCUT2D eigenvalue weighted by Crippen LogP contribution is 2.35. The number of aromatic nitrogens is 2. The molecule has 0 bridgehead atoms. The Bertz CT molecular complexity index is 1020. The highest BCUT2D eigenvalue weighted by molar-refractivity contribution is 5.89. The van der Waals surface area contributed by atoms with Crippen LogP contribution in [0.15, 0.2) is 61.3 Å². The fourth-order valence-electron chi connectivity index (χ4n) is 2.88. The van der Waals surface area contributed by atoms with Crippen LogP contribution in [-0.2, 0) is 6.42 Å². The zero-order valence-electron chi connectivity index (χ0n) is 15.5. The molecule has 0 unspecified atom stereocenters. The smallest absolute Gasteiger partial charge is 0.142 e. The van der Waals surface area contributed by atoms with E-state index in [1.807, 2.05) is 42.2 Å². The Hall–Kier alpha value is -3.65. The molecule has 0 fully saturated rings. The Morgan fingerprint density at radius 3 is 2.56 bits per heavy atom. The zero-order chi connectivity index (χ0) is 19.4. The molecule has 0 aliphatic rings. The molecule has 0 spiro atoms. The van der Waals surface area contributed by atoms with E-state index in [0.29, 0.717) is 23.0 Å². The van der Waals surface area contributed by atoms with Crippen molar-refractivity contribution in [3.05, 3.63) is 83.7 Å². The summed E-state index contributed by atoms with van der Waals surface area (Å²) >= 11 is 0. The van der Waals surface area contributed by atoms with Crippen LogP contribution < -0.4 is 10.6 Å². The SMILES string of the molecule is C=C(c1cccnc1N)N(c1ccc(CC)cc1)c1nc(C#N)ccc1C. The molecule has 0 atom stereocenters. The van der Waals surface area contributed by atoms with Crippen molar-refractivity contribution in [2.75, 3.05) is 10.6 Å². The van der Waals surface area contributed by atoms with Gasteiger partial charge in [-0.15, -0.1) is 0 Å². The Labute approximate surface area is 159 Å². The summed E-state index contributed by atoms with van der Waals surface area (Å²) in [5, 5.41) is 9.29. The number of pyridine rings is 2. The van der Waals surface area contributed by atoms with E-state index in [0.717, 1.165) is 23.2 Å². The van der Waals surface area contributed by atoms with Gasteiger partial charge in [0.25, 0.3) is 0 Å². The van der Waals surface area contributed by atoms with Crippen LogP contribution in [0.3, 0.4) is 0 Å². The molecule has 0 saturated heterocycles. The number of nitrogens with zero attached hydrogens (tertiary/aromatic N) is 4. The van der Waals surface area contributed by atoms with Crippen LogP contribution in [0.2, 0.25) is 0 Å². The second-order valence-corrected chi connectivity index (χ2v) is 6.19. The minimum absolute atomic E-state index is 0.345. The maximum Gasteiger partial charge on any atom is 0.142 e. The molecule has 27 heavy (non-hydrogen) atoms. The van der Waals surface area contributed by atoms with E-state index in [9.17, 15) is 5.26 Å². The second kappa shape index (κ2) is 7.71. The molecule has 3 rings (SSSR count). The van der Waals surface area contributed by atoms with Gasteiger partial charge < -0.3 is 5.73 Å². The van der Waals surface area contributed by atoms with Gasteiger partial charge in [0.15, 0.2) is 0 Å². The molecule has 0 amide bonds. The summed E-state index contributed by atoms with van der Waals surface area (Å²) in [6.07, 6.45) is 2.60. The third-order valence-corrected chi connectivity index (χ3v) is 4.42. The van der Waals surface area contributed by atoms with Crippen molar-refractivity contribution in [1.29, 1.82) is 5.26 Å². The van der Waals surface area contributed by atoms with Gasteiger partial charge in [0.1, 0.15) is 23.4 Å². The van der Waals surface area contributed by atoms with Crippen molar-refractivity contribution in [1.82, 2.24) is 9.97 Å². The minimum atomic E-state index is 0.345. The van der Waals surface area contributed by atoms with Gasteiger partial charge in [0, 0.05) is 17.4 Å². The molecule has 2 heterocycles. The summed E-state index contributed by atoms with van der Waals surface area (Å²) in [5.74, 6) is 1.04. The van der Waals surface area contributed by atoms with Crippen LogP contribution >= 0.6 is 0 Å². The first-order valence-corrected chi connectivity index (χ1v) is 8.71. The fraction of sp³-hybridized carbons (Fsp3) is 0.136. The van der Waals surface area contributed by atoms with E-state index >= 15 is 0 Å². The van der Waals surface area contributed by atoms with E-state index in [4.69, 9.17) is 5.73 Å². The standard InChI is InChI=1S/C22H21N5/c1-4-17-8-11-19(12-9-17)27(16(3)20-6-5-13-25-21(20)24)22-15(2)7-10-18(14-23)26-22/h5-13H,3-4H2,1-2H3,(H2,24,25). The lowest BCUT2D eigenvalue weighted by Crippen LogP contribution is -2.18. The molecule has 0 radical (unpaired) electrons. The first-order chi connectivity index (χ1) is 13.0. The lowest BCUT2D eigenvalue weighted by Gasteiger charge is -2.28. The maximum absolute atomic E-state index is 9.29. The maximum atomic E-state index is 9.29.